The SMILES string of the molecule is Cc1ccccc1-c1c(-c2ccccc2O)[nH]c2ccccc12. The van der Waals surface area contributed by atoms with Crippen LogP contribution in [0.3, 0.4) is 0 Å². The van der Waals surface area contributed by atoms with Gasteiger partial charge in [0.1, 0.15) is 5.75 Å². The van der Waals surface area contributed by atoms with Crippen LogP contribution in [0.25, 0.3) is 33.3 Å². The molecule has 0 fully saturated rings. The number of H-pyrrole nitrogens is 1. The van der Waals surface area contributed by atoms with E-state index in [2.05, 4.69) is 42.2 Å². The first kappa shape index (κ1) is 13.6. The first-order chi connectivity index (χ1) is 11.3. The Balaban J connectivity index is 2.12. The molecule has 23 heavy (non-hydrogen) atoms. The molecule has 0 aliphatic heterocycles. The van der Waals surface area contributed by atoms with Gasteiger partial charge in [-0.25, -0.2) is 0 Å². The Hall–Kier alpha value is -3.00. The molecule has 2 heteroatoms. The molecular formula is C21H17NO. The van der Waals surface area contributed by atoms with Crippen LogP contribution in [0.5, 0.6) is 5.75 Å². The number of fused-ring (bicyclic) bond motifs is 1. The molecule has 4 aromatic rings. The van der Waals surface area contributed by atoms with Crippen molar-refractivity contribution in [3.05, 3.63) is 78.4 Å². The van der Waals surface area contributed by atoms with E-state index < -0.39 is 0 Å². The van der Waals surface area contributed by atoms with Crippen molar-refractivity contribution in [1.82, 2.24) is 4.98 Å². The summed E-state index contributed by atoms with van der Waals surface area (Å²) in [7, 11) is 0. The van der Waals surface area contributed by atoms with Crippen LogP contribution in [0.4, 0.5) is 0 Å². The van der Waals surface area contributed by atoms with E-state index in [-0.39, 0.29) is 5.75 Å². The molecule has 0 atom stereocenters. The van der Waals surface area contributed by atoms with Crippen LogP contribution >= 0.6 is 0 Å². The standard InChI is InChI=1S/C21H17NO/c1-14-8-2-3-9-15(14)20-16-10-4-6-12-18(16)22-21(20)17-11-5-7-13-19(17)23/h2-13,22-23H,1H3. The average molecular weight is 299 g/mol. The predicted octanol–water partition coefficient (Wildman–Crippen LogP) is 5.52. The van der Waals surface area contributed by atoms with E-state index in [9.17, 15) is 5.11 Å². The van der Waals surface area contributed by atoms with Gasteiger partial charge in [0.05, 0.1) is 5.69 Å². The summed E-state index contributed by atoms with van der Waals surface area (Å²) in [4.78, 5) is 3.49. The van der Waals surface area contributed by atoms with Crippen LogP contribution in [0.2, 0.25) is 0 Å². The number of rotatable bonds is 2. The number of para-hydroxylation sites is 2. The summed E-state index contributed by atoms with van der Waals surface area (Å²) in [5, 5.41) is 11.5. The fourth-order valence-corrected chi connectivity index (χ4v) is 3.16. The predicted molar refractivity (Wildman–Crippen MR) is 95.6 cm³/mol. The first-order valence-electron chi connectivity index (χ1n) is 7.71. The molecule has 0 bridgehead atoms. The normalized spacial score (nSPS) is 11.0. The lowest BCUT2D eigenvalue weighted by atomic mass is 9.95. The fraction of sp³-hybridized carbons (Fsp3) is 0.0476. The van der Waals surface area contributed by atoms with Crippen LogP contribution in [-0.2, 0) is 0 Å². The summed E-state index contributed by atoms with van der Waals surface area (Å²) in [6.07, 6.45) is 0. The summed E-state index contributed by atoms with van der Waals surface area (Å²) in [5.41, 5.74) is 6.39. The Labute approximate surface area is 135 Å². The molecule has 2 N–H and O–H groups in total. The van der Waals surface area contributed by atoms with Crippen molar-refractivity contribution in [3.8, 4) is 28.1 Å². The van der Waals surface area contributed by atoms with Crippen LogP contribution < -0.4 is 0 Å². The molecule has 0 saturated heterocycles. The van der Waals surface area contributed by atoms with E-state index in [1.54, 1.807) is 6.07 Å². The molecule has 0 aliphatic rings. The third-order valence-electron chi connectivity index (χ3n) is 4.29. The van der Waals surface area contributed by atoms with Gasteiger partial charge in [-0.2, -0.15) is 0 Å². The highest BCUT2D eigenvalue weighted by atomic mass is 16.3. The molecule has 0 radical (unpaired) electrons. The highest BCUT2D eigenvalue weighted by Crippen LogP contribution is 2.41. The number of aromatic amines is 1. The first-order valence-corrected chi connectivity index (χ1v) is 7.71. The molecule has 1 aromatic heterocycles. The fourth-order valence-electron chi connectivity index (χ4n) is 3.16. The van der Waals surface area contributed by atoms with Gasteiger partial charge in [-0.1, -0.05) is 54.6 Å². The summed E-state index contributed by atoms with van der Waals surface area (Å²) >= 11 is 0. The second-order valence-corrected chi connectivity index (χ2v) is 5.75. The average Bonchev–Trinajstić information content (AvgIpc) is 2.95. The lowest BCUT2D eigenvalue weighted by molar-refractivity contribution is 0.477. The number of aromatic hydroxyl groups is 1. The number of benzene rings is 3. The molecule has 2 nitrogen and oxygen atoms in total. The highest BCUT2D eigenvalue weighted by molar-refractivity contribution is 6.04. The molecule has 1 heterocycles. The van der Waals surface area contributed by atoms with Gasteiger partial charge in [0, 0.05) is 22.0 Å². The van der Waals surface area contributed by atoms with E-state index in [1.165, 1.54) is 16.5 Å². The Morgan fingerprint density at radius 2 is 1.39 bits per heavy atom. The summed E-state index contributed by atoms with van der Waals surface area (Å²) in [6, 6.07) is 24.1. The van der Waals surface area contributed by atoms with E-state index in [1.807, 2.05) is 36.4 Å². The van der Waals surface area contributed by atoms with Gasteiger partial charge in [-0.3, -0.25) is 0 Å². The topological polar surface area (TPSA) is 36.0 Å². The van der Waals surface area contributed by atoms with Gasteiger partial charge in [-0.05, 0) is 36.2 Å². The molecule has 0 unspecified atom stereocenters. The molecule has 3 aromatic carbocycles. The van der Waals surface area contributed by atoms with Crippen LogP contribution in [0, 0.1) is 6.92 Å². The minimum Gasteiger partial charge on any atom is -0.507 e. The molecule has 0 aliphatic carbocycles. The van der Waals surface area contributed by atoms with Crippen molar-refractivity contribution in [2.75, 3.05) is 0 Å². The molecule has 0 amide bonds. The van der Waals surface area contributed by atoms with Gasteiger partial charge < -0.3 is 10.1 Å². The van der Waals surface area contributed by atoms with Crippen molar-refractivity contribution in [2.24, 2.45) is 0 Å². The van der Waals surface area contributed by atoms with Gasteiger partial charge in [0.25, 0.3) is 0 Å². The van der Waals surface area contributed by atoms with Crippen molar-refractivity contribution in [3.63, 3.8) is 0 Å². The zero-order valence-corrected chi connectivity index (χ0v) is 12.9. The molecule has 0 spiro atoms. The van der Waals surface area contributed by atoms with Crippen LogP contribution in [0.15, 0.2) is 72.8 Å². The number of phenols is 1. The smallest absolute Gasteiger partial charge is 0.124 e. The quantitative estimate of drug-likeness (QED) is 0.502. The summed E-state index contributed by atoms with van der Waals surface area (Å²) in [6.45, 7) is 2.12. The van der Waals surface area contributed by atoms with Crippen LogP contribution in [-0.4, -0.2) is 10.1 Å². The monoisotopic (exact) mass is 299 g/mol. The second kappa shape index (κ2) is 5.33. The Morgan fingerprint density at radius 1 is 0.739 bits per heavy atom. The lowest BCUT2D eigenvalue weighted by Crippen LogP contribution is -1.86. The van der Waals surface area contributed by atoms with Gasteiger partial charge in [0.15, 0.2) is 0 Å². The van der Waals surface area contributed by atoms with Crippen molar-refractivity contribution < 1.29 is 5.11 Å². The van der Waals surface area contributed by atoms with Gasteiger partial charge >= 0.3 is 0 Å². The molecule has 4 rings (SSSR count). The van der Waals surface area contributed by atoms with Gasteiger partial charge in [0.2, 0.25) is 0 Å². The number of hydrogen-bond acceptors (Lipinski definition) is 1. The Morgan fingerprint density at radius 3 is 2.17 bits per heavy atom. The minimum absolute atomic E-state index is 0.286. The number of aryl methyl sites for hydroxylation is 1. The van der Waals surface area contributed by atoms with E-state index in [4.69, 9.17) is 0 Å². The minimum atomic E-state index is 0.286. The molecular weight excluding hydrogens is 282 g/mol. The number of aromatic nitrogens is 1. The summed E-state index contributed by atoms with van der Waals surface area (Å²) in [5.74, 6) is 0.286. The second-order valence-electron chi connectivity index (χ2n) is 5.75. The van der Waals surface area contributed by atoms with Crippen molar-refractivity contribution in [2.45, 2.75) is 6.92 Å². The van der Waals surface area contributed by atoms with Crippen molar-refractivity contribution >= 4 is 10.9 Å². The zero-order valence-electron chi connectivity index (χ0n) is 12.9. The third-order valence-corrected chi connectivity index (χ3v) is 4.29. The highest BCUT2D eigenvalue weighted by Gasteiger charge is 2.17. The third kappa shape index (κ3) is 2.20. The Kier molecular flexibility index (Phi) is 3.16. The maximum Gasteiger partial charge on any atom is 0.124 e. The van der Waals surface area contributed by atoms with E-state index >= 15 is 0 Å². The van der Waals surface area contributed by atoms with Crippen LogP contribution in [0.1, 0.15) is 5.56 Å². The molecule has 112 valence electrons. The van der Waals surface area contributed by atoms with E-state index in [0.29, 0.717) is 0 Å². The number of phenolic OH excluding ortho intramolecular Hbond substituents is 1. The van der Waals surface area contributed by atoms with E-state index in [0.717, 1.165) is 22.3 Å². The maximum absolute atomic E-state index is 10.3. The number of nitrogens with one attached hydrogen (secondary N) is 1. The summed E-state index contributed by atoms with van der Waals surface area (Å²) < 4.78 is 0. The molecule has 0 saturated carbocycles. The largest absolute Gasteiger partial charge is 0.507 e. The van der Waals surface area contributed by atoms with Gasteiger partial charge in [-0.15, -0.1) is 0 Å². The van der Waals surface area contributed by atoms with Crippen molar-refractivity contribution in [1.29, 1.82) is 0 Å². The Bertz CT molecular complexity index is 998. The number of hydrogen-bond donors (Lipinski definition) is 2. The zero-order chi connectivity index (χ0) is 15.8. The lowest BCUT2D eigenvalue weighted by Gasteiger charge is -2.10. The maximum atomic E-state index is 10.3.